The molecule has 1 heterocycles. The molecule has 1 fully saturated rings. The van der Waals surface area contributed by atoms with Gasteiger partial charge in [-0.1, -0.05) is 0 Å². The molecule has 1 unspecified atom stereocenters. The van der Waals surface area contributed by atoms with Crippen LogP contribution in [0.1, 0.15) is 0 Å². The number of aldehydes is 1. The third-order valence-electron chi connectivity index (χ3n) is 2.10. The number of carbonyl (C=O) groups is 1. The summed E-state index contributed by atoms with van der Waals surface area (Å²) in [7, 11) is 2.07. The number of likely N-dealkylation sites (N-methyl/N-ethyl adjacent to an activating group) is 1. The normalized spacial score (nSPS) is 24.9. The number of nitrogens with two attached hydrogens (primary N) is 1. The quantitative estimate of drug-likeness (QED) is 0.507. The van der Waals surface area contributed by atoms with Crippen LogP contribution < -0.4 is 5.73 Å². The van der Waals surface area contributed by atoms with E-state index in [1.807, 2.05) is 4.90 Å². The lowest BCUT2D eigenvalue weighted by Gasteiger charge is -2.33. The molecule has 1 aliphatic rings. The van der Waals surface area contributed by atoms with Gasteiger partial charge in [0, 0.05) is 26.2 Å². The number of hydrogen-bond donors (Lipinski definition) is 1. The highest BCUT2D eigenvalue weighted by Gasteiger charge is 2.18. The van der Waals surface area contributed by atoms with E-state index in [2.05, 4.69) is 11.9 Å². The van der Waals surface area contributed by atoms with Crippen LogP contribution in [0.5, 0.6) is 0 Å². The van der Waals surface area contributed by atoms with Crippen molar-refractivity contribution in [3.8, 4) is 0 Å². The standard InChI is InChI=1S/C7H15N3O/c1-9-2-4-10(5-3-9)7(8)6-11/h6-7H,2-5,8H2,1H3. The lowest BCUT2D eigenvalue weighted by atomic mass is 10.3. The maximum Gasteiger partial charge on any atom is 0.151 e. The Bertz CT molecular complexity index is 132. The van der Waals surface area contributed by atoms with E-state index in [1.165, 1.54) is 0 Å². The van der Waals surface area contributed by atoms with Crippen LogP contribution in [0.25, 0.3) is 0 Å². The van der Waals surface area contributed by atoms with E-state index in [1.54, 1.807) is 0 Å². The van der Waals surface area contributed by atoms with E-state index in [0.29, 0.717) is 0 Å². The summed E-state index contributed by atoms with van der Waals surface area (Å²) in [5, 5.41) is 0. The van der Waals surface area contributed by atoms with E-state index in [9.17, 15) is 4.79 Å². The molecule has 1 saturated heterocycles. The first kappa shape index (κ1) is 8.64. The Labute approximate surface area is 66.9 Å². The minimum atomic E-state index is -0.399. The van der Waals surface area contributed by atoms with Gasteiger partial charge in [-0.2, -0.15) is 0 Å². The third kappa shape index (κ3) is 2.25. The molecule has 0 aromatic heterocycles. The molecule has 0 bridgehead atoms. The first-order valence-corrected chi connectivity index (χ1v) is 3.87. The Morgan fingerprint density at radius 2 is 1.91 bits per heavy atom. The van der Waals surface area contributed by atoms with Crippen LogP contribution in [0.2, 0.25) is 0 Å². The molecule has 1 aliphatic heterocycles. The average Bonchev–Trinajstić information content (AvgIpc) is 2.05. The number of carbonyl (C=O) groups excluding carboxylic acids is 1. The molecular weight excluding hydrogens is 142 g/mol. The fourth-order valence-electron chi connectivity index (χ4n) is 1.21. The molecule has 4 nitrogen and oxygen atoms in total. The van der Waals surface area contributed by atoms with Crippen LogP contribution in [0, 0.1) is 0 Å². The smallest absolute Gasteiger partial charge is 0.151 e. The summed E-state index contributed by atoms with van der Waals surface area (Å²) in [6.07, 6.45) is 0.398. The molecule has 0 aromatic rings. The lowest BCUT2D eigenvalue weighted by molar-refractivity contribution is -0.112. The molecule has 0 aromatic carbocycles. The van der Waals surface area contributed by atoms with E-state index in [-0.39, 0.29) is 0 Å². The second kappa shape index (κ2) is 3.80. The predicted molar refractivity (Wildman–Crippen MR) is 43.1 cm³/mol. The molecule has 4 heteroatoms. The van der Waals surface area contributed by atoms with Crippen LogP contribution in [0.15, 0.2) is 0 Å². The molecular formula is C7H15N3O. The van der Waals surface area contributed by atoms with E-state index in [4.69, 9.17) is 5.73 Å². The van der Waals surface area contributed by atoms with Crippen molar-refractivity contribution in [2.45, 2.75) is 6.17 Å². The average molecular weight is 157 g/mol. The van der Waals surface area contributed by atoms with E-state index in [0.717, 1.165) is 32.5 Å². The van der Waals surface area contributed by atoms with Gasteiger partial charge in [-0.05, 0) is 7.05 Å². The predicted octanol–water partition coefficient (Wildman–Crippen LogP) is -1.28. The van der Waals surface area contributed by atoms with Gasteiger partial charge < -0.3 is 15.4 Å². The Kier molecular flexibility index (Phi) is 2.99. The van der Waals surface area contributed by atoms with Crippen LogP contribution >= 0.6 is 0 Å². The fraction of sp³-hybridized carbons (Fsp3) is 0.857. The van der Waals surface area contributed by atoms with Crippen molar-refractivity contribution in [2.75, 3.05) is 33.2 Å². The van der Waals surface area contributed by atoms with Crippen LogP contribution in [0.4, 0.5) is 0 Å². The minimum absolute atomic E-state index is 0.399. The molecule has 0 spiro atoms. The molecule has 0 radical (unpaired) electrons. The van der Waals surface area contributed by atoms with Crippen molar-refractivity contribution in [3.63, 3.8) is 0 Å². The first-order chi connectivity index (χ1) is 5.24. The molecule has 0 amide bonds. The second-order valence-corrected chi connectivity index (χ2v) is 2.97. The van der Waals surface area contributed by atoms with Crippen molar-refractivity contribution < 1.29 is 4.79 Å². The molecule has 2 N–H and O–H groups in total. The SMILES string of the molecule is CN1CCN(C(N)C=O)CC1. The number of rotatable bonds is 2. The maximum absolute atomic E-state index is 10.3. The maximum atomic E-state index is 10.3. The number of hydrogen-bond acceptors (Lipinski definition) is 4. The highest BCUT2D eigenvalue weighted by molar-refractivity contribution is 5.56. The third-order valence-corrected chi connectivity index (χ3v) is 2.10. The Balaban J connectivity index is 2.32. The summed E-state index contributed by atoms with van der Waals surface area (Å²) in [5.41, 5.74) is 5.53. The number of nitrogens with zero attached hydrogens (tertiary/aromatic N) is 2. The van der Waals surface area contributed by atoms with E-state index >= 15 is 0 Å². The van der Waals surface area contributed by atoms with Gasteiger partial charge in [-0.25, -0.2) is 0 Å². The van der Waals surface area contributed by atoms with Crippen LogP contribution in [0.3, 0.4) is 0 Å². The highest BCUT2D eigenvalue weighted by Crippen LogP contribution is 1.99. The molecule has 64 valence electrons. The van der Waals surface area contributed by atoms with Gasteiger partial charge in [-0.3, -0.25) is 4.90 Å². The Morgan fingerprint density at radius 1 is 1.36 bits per heavy atom. The summed E-state index contributed by atoms with van der Waals surface area (Å²) in [4.78, 5) is 14.5. The zero-order valence-corrected chi connectivity index (χ0v) is 6.86. The molecule has 1 atom stereocenters. The van der Waals surface area contributed by atoms with Gasteiger partial charge in [0.05, 0.1) is 0 Å². The van der Waals surface area contributed by atoms with Crippen molar-refractivity contribution in [1.82, 2.24) is 9.80 Å². The molecule has 1 rings (SSSR count). The lowest BCUT2D eigenvalue weighted by Crippen LogP contribution is -2.52. The fourth-order valence-corrected chi connectivity index (χ4v) is 1.21. The molecule has 0 saturated carbocycles. The van der Waals surface area contributed by atoms with Gasteiger partial charge in [0.1, 0.15) is 6.17 Å². The van der Waals surface area contributed by atoms with Gasteiger partial charge in [0.25, 0.3) is 0 Å². The molecule has 0 aliphatic carbocycles. The summed E-state index contributed by atoms with van der Waals surface area (Å²) >= 11 is 0. The second-order valence-electron chi connectivity index (χ2n) is 2.97. The minimum Gasteiger partial charge on any atom is -0.310 e. The van der Waals surface area contributed by atoms with Gasteiger partial charge in [-0.15, -0.1) is 0 Å². The van der Waals surface area contributed by atoms with Gasteiger partial charge in [0.15, 0.2) is 6.29 Å². The largest absolute Gasteiger partial charge is 0.310 e. The van der Waals surface area contributed by atoms with Crippen molar-refractivity contribution >= 4 is 6.29 Å². The first-order valence-electron chi connectivity index (χ1n) is 3.87. The van der Waals surface area contributed by atoms with Gasteiger partial charge in [0.2, 0.25) is 0 Å². The van der Waals surface area contributed by atoms with Crippen molar-refractivity contribution in [1.29, 1.82) is 0 Å². The molecule has 11 heavy (non-hydrogen) atoms. The topological polar surface area (TPSA) is 49.6 Å². The van der Waals surface area contributed by atoms with Crippen molar-refractivity contribution in [2.24, 2.45) is 5.73 Å². The van der Waals surface area contributed by atoms with Gasteiger partial charge >= 0.3 is 0 Å². The van der Waals surface area contributed by atoms with Crippen LogP contribution in [-0.4, -0.2) is 55.5 Å². The summed E-state index contributed by atoms with van der Waals surface area (Å²) < 4.78 is 0. The Morgan fingerprint density at radius 3 is 2.36 bits per heavy atom. The van der Waals surface area contributed by atoms with Crippen LogP contribution in [-0.2, 0) is 4.79 Å². The zero-order chi connectivity index (χ0) is 8.27. The number of piperazine rings is 1. The highest BCUT2D eigenvalue weighted by atomic mass is 16.1. The summed E-state index contributed by atoms with van der Waals surface area (Å²) in [6, 6.07) is 0. The summed E-state index contributed by atoms with van der Waals surface area (Å²) in [5.74, 6) is 0. The summed E-state index contributed by atoms with van der Waals surface area (Å²) in [6.45, 7) is 3.80. The van der Waals surface area contributed by atoms with Crippen molar-refractivity contribution in [3.05, 3.63) is 0 Å². The zero-order valence-electron chi connectivity index (χ0n) is 6.86. The Hall–Kier alpha value is -0.450. The monoisotopic (exact) mass is 157 g/mol. The van der Waals surface area contributed by atoms with E-state index < -0.39 is 6.17 Å².